The third kappa shape index (κ3) is 4.40. The normalized spacial score (nSPS) is 20.3. The number of ether oxygens (including phenoxy) is 1. The van der Waals surface area contributed by atoms with E-state index in [0.717, 1.165) is 25.9 Å². The van der Waals surface area contributed by atoms with E-state index in [-0.39, 0.29) is 5.60 Å². The Morgan fingerprint density at radius 2 is 1.38 bits per heavy atom. The van der Waals surface area contributed by atoms with Gasteiger partial charge in [0.2, 0.25) is 0 Å². The van der Waals surface area contributed by atoms with Crippen LogP contribution in [0.5, 0.6) is 0 Å². The third-order valence-electron chi connectivity index (χ3n) is 7.17. The molecule has 1 aliphatic carbocycles. The van der Waals surface area contributed by atoms with Crippen molar-refractivity contribution in [3.8, 4) is 22.3 Å². The predicted molar refractivity (Wildman–Crippen MR) is 136 cm³/mol. The molecule has 0 saturated carbocycles. The van der Waals surface area contributed by atoms with Crippen LogP contribution in [0.15, 0.2) is 72.8 Å². The first-order valence-electron chi connectivity index (χ1n) is 12.2. The van der Waals surface area contributed by atoms with Gasteiger partial charge >= 0.3 is 0 Å². The molecule has 0 aliphatic heterocycles. The highest BCUT2D eigenvalue weighted by Gasteiger charge is 2.43. The molecule has 0 bridgehead atoms. The third-order valence-corrected chi connectivity index (χ3v) is 7.17. The molecule has 0 amide bonds. The monoisotopic (exact) mass is 427 g/mol. The molecule has 0 saturated heterocycles. The van der Waals surface area contributed by atoms with E-state index < -0.39 is 0 Å². The molecule has 168 valence electrons. The van der Waals surface area contributed by atoms with Crippen molar-refractivity contribution in [2.75, 3.05) is 20.2 Å². The van der Waals surface area contributed by atoms with Crippen LogP contribution < -0.4 is 0 Å². The molecule has 2 nitrogen and oxygen atoms in total. The van der Waals surface area contributed by atoms with E-state index in [1.807, 2.05) is 7.11 Å². The van der Waals surface area contributed by atoms with E-state index in [4.69, 9.17) is 4.74 Å². The molecule has 3 aromatic carbocycles. The zero-order chi connectivity index (χ0) is 22.6. The molecule has 0 heterocycles. The highest BCUT2D eigenvalue weighted by atomic mass is 16.5. The Balaban J connectivity index is 1.63. The van der Waals surface area contributed by atoms with Gasteiger partial charge in [0.1, 0.15) is 5.60 Å². The van der Waals surface area contributed by atoms with Crippen LogP contribution in [0.1, 0.15) is 51.2 Å². The van der Waals surface area contributed by atoms with Gasteiger partial charge in [0.25, 0.3) is 0 Å². The molecule has 4 rings (SSSR count). The van der Waals surface area contributed by atoms with Crippen molar-refractivity contribution in [3.63, 3.8) is 0 Å². The highest BCUT2D eigenvalue weighted by molar-refractivity contribution is 5.71. The number of fused-ring (bicyclic) bond motifs is 1. The number of hydrogen-bond acceptors (Lipinski definition) is 2. The van der Waals surface area contributed by atoms with Crippen LogP contribution in [-0.2, 0) is 16.8 Å². The van der Waals surface area contributed by atoms with Gasteiger partial charge in [0.15, 0.2) is 0 Å². The lowest BCUT2D eigenvalue weighted by molar-refractivity contribution is -0.0808. The second-order valence-electron chi connectivity index (χ2n) is 9.22. The molecule has 0 radical (unpaired) electrons. The zero-order valence-electron chi connectivity index (χ0n) is 20.1. The number of hydrogen-bond donors (Lipinski definition) is 0. The Hall–Kier alpha value is -2.42. The second-order valence-corrected chi connectivity index (χ2v) is 9.22. The molecule has 0 aromatic heterocycles. The van der Waals surface area contributed by atoms with Crippen LogP contribution in [0.3, 0.4) is 0 Å². The second kappa shape index (κ2) is 10.0. The first-order chi connectivity index (χ1) is 15.6. The van der Waals surface area contributed by atoms with Crippen molar-refractivity contribution in [2.24, 2.45) is 0 Å². The standard InChI is InChI=1S/C30H37NO/c1-5-20-31(21-6-2)29-19-17-27-22-26(16-18-28(27)30(29,3)32-4)25-14-12-24(13-15-25)23-10-8-7-9-11-23/h7-16,18,22,29H,5-6,17,19-21H2,1-4H3. The van der Waals surface area contributed by atoms with Crippen molar-refractivity contribution in [1.82, 2.24) is 4.90 Å². The minimum absolute atomic E-state index is 0.270. The molecule has 2 heteroatoms. The summed E-state index contributed by atoms with van der Waals surface area (Å²) in [7, 11) is 1.88. The lowest BCUT2D eigenvalue weighted by atomic mass is 9.74. The molecule has 2 atom stereocenters. The summed E-state index contributed by atoms with van der Waals surface area (Å²) in [5.41, 5.74) is 7.60. The van der Waals surface area contributed by atoms with Gasteiger partial charge in [-0.25, -0.2) is 0 Å². The quantitative estimate of drug-likeness (QED) is 0.373. The van der Waals surface area contributed by atoms with E-state index in [0.29, 0.717) is 6.04 Å². The van der Waals surface area contributed by atoms with E-state index in [9.17, 15) is 0 Å². The van der Waals surface area contributed by atoms with E-state index in [2.05, 4.69) is 98.5 Å². The summed E-state index contributed by atoms with van der Waals surface area (Å²) in [5.74, 6) is 0. The lowest BCUT2D eigenvalue weighted by Crippen LogP contribution is -2.53. The Kier molecular flexibility index (Phi) is 7.13. The number of methoxy groups -OCH3 is 1. The van der Waals surface area contributed by atoms with E-state index in [1.165, 1.54) is 46.2 Å². The highest BCUT2D eigenvalue weighted by Crippen LogP contribution is 2.42. The number of rotatable bonds is 8. The van der Waals surface area contributed by atoms with Crippen molar-refractivity contribution < 1.29 is 4.74 Å². The van der Waals surface area contributed by atoms with Crippen molar-refractivity contribution in [3.05, 3.63) is 83.9 Å². The first kappa shape index (κ1) is 22.8. The van der Waals surface area contributed by atoms with Gasteiger partial charge in [-0.1, -0.05) is 86.6 Å². The maximum Gasteiger partial charge on any atom is 0.106 e. The van der Waals surface area contributed by atoms with Gasteiger partial charge in [-0.05, 0) is 79.1 Å². The van der Waals surface area contributed by atoms with E-state index >= 15 is 0 Å². The van der Waals surface area contributed by atoms with Crippen LogP contribution in [0.2, 0.25) is 0 Å². The fourth-order valence-corrected chi connectivity index (χ4v) is 5.47. The Morgan fingerprint density at radius 1 is 0.812 bits per heavy atom. The number of benzene rings is 3. The number of aryl methyl sites for hydroxylation is 1. The van der Waals surface area contributed by atoms with Crippen LogP contribution in [0, 0.1) is 0 Å². The van der Waals surface area contributed by atoms with Crippen molar-refractivity contribution >= 4 is 0 Å². The van der Waals surface area contributed by atoms with Gasteiger partial charge in [-0.3, -0.25) is 4.90 Å². The van der Waals surface area contributed by atoms with Crippen LogP contribution in [0.25, 0.3) is 22.3 Å². The average molecular weight is 428 g/mol. The molecule has 0 N–H and O–H groups in total. The van der Waals surface area contributed by atoms with Crippen molar-refractivity contribution in [1.29, 1.82) is 0 Å². The van der Waals surface area contributed by atoms with Gasteiger partial charge in [-0.15, -0.1) is 0 Å². The molecule has 3 aromatic rings. The zero-order valence-corrected chi connectivity index (χ0v) is 20.1. The summed E-state index contributed by atoms with van der Waals surface area (Å²) in [6.07, 6.45) is 4.62. The summed E-state index contributed by atoms with van der Waals surface area (Å²) in [5, 5.41) is 0. The topological polar surface area (TPSA) is 12.5 Å². The SMILES string of the molecule is CCCN(CCC)C1CCc2cc(-c3ccc(-c4ccccc4)cc3)ccc2C1(C)OC. The molecular weight excluding hydrogens is 390 g/mol. The van der Waals surface area contributed by atoms with Gasteiger partial charge < -0.3 is 4.74 Å². The molecular formula is C30H37NO. The predicted octanol–water partition coefficient (Wildman–Crippen LogP) is 7.32. The Morgan fingerprint density at radius 3 is 1.97 bits per heavy atom. The molecule has 2 unspecified atom stereocenters. The fourth-order valence-electron chi connectivity index (χ4n) is 5.47. The van der Waals surface area contributed by atoms with Gasteiger partial charge in [0.05, 0.1) is 0 Å². The summed E-state index contributed by atoms with van der Waals surface area (Å²) in [4.78, 5) is 2.66. The van der Waals surface area contributed by atoms with Crippen LogP contribution in [0.4, 0.5) is 0 Å². The summed E-state index contributed by atoms with van der Waals surface area (Å²) in [6, 6.07) is 26.9. The largest absolute Gasteiger partial charge is 0.372 e. The average Bonchev–Trinajstić information content (AvgIpc) is 2.84. The molecule has 0 fully saturated rings. The summed E-state index contributed by atoms with van der Waals surface area (Å²) >= 11 is 0. The number of nitrogens with zero attached hydrogens (tertiary/aromatic N) is 1. The van der Waals surface area contributed by atoms with Gasteiger partial charge in [-0.2, -0.15) is 0 Å². The summed E-state index contributed by atoms with van der Waals surface area (Å²) < 4.78 is 6.26. The maximum atomic E-state index is 6.26. The van der Waals surface area contributed by atoms with Gasteiger partial charge in [0, 0.05) is 13.2 Å². The molecule has 32 heavy (non-hydrogen) atoms. The van der Waals surface area contributed by atoms with Crippen LogP contribution in [-0.4, -0.2) is 31.1 Å². The van der Waals surface area contributed by atoms with E-state index in [1.54, 1.807) is 0 Å². The van der Waals surface area contributed by atoms with Crippen molar-refractivity contribution in [2.45, 2.75) is 58.1 Å². The fraction of sp³-hybridized carbons (Fsp3) is 0.400. The summed E-state index contributed by atoms with van der Waals surface area (Å²) in [6.45, 7) is 9.12. The lowest BCUT2D eigenvalue weighted by Gasteiger charge is -2.47. The Bertz CT molecular complexity index is 1000. The maximum absolute atomic E-state index is 6.26. The van der Waals surface area contributed by atoms with Crippen LogP contribution >= 0.6 is 0 Å². The Labute approximate surface area is 194 Å². The minimum atomic E-state index is -0.270. The minimum Gasteiger partial charge on any atom is -0.372 e. The molecule has 1 aliphatic rings. The smallest absolute Gasteiger partial charge is 0.106 e. The first-order valence-corrected chi connectivity index (χ1v) is 12.2. The molecule has 0 spiro atoms.